The molecule has 1 aliphatic rings. The fraction of sp³-hybridized carbons (Fsp3) is 0.435. The van der Waals surface area contributed by atoms with Gasteiger partial charge in [-0.15, -0.1) is 0 Å². The van der Waals surface area contributed by atoms with Crippen LogP contribution < -0.4 is 4.74 Å². The quantitative estimate of drug-likeness (QED) is 0.447. The van der Waals surface area contributed by atoms with E-state index in [2.05, 4.69) is 0 Å². The second-order valence-electron chi connectivity index (χ2n) is 8.72. The molecule has 1 amide bonds. The number of methoxy groups -OCH3 is 1. The zero-order valence-electron chi connectivity index (χ0n) is 19.2. The van der Waals surface area contributed by atoms with E-state index in [0.29, 0.717) is 18.7 Å². The third-order valence-corrected chi connectivity index (χ3v) is 7.60. The molecule has 1 heterocycles. The summed E-state index contributed by atoms with van der Waals surface area (Å²) in [5.74, 6) is 0.251. The molecule has 0 bridgehead atoms. The molecule has 0 N–H and O–H groups in total. The van der Waals surface area contributed by atoms with Gasteiger partial charge in [-0.2, -0.15) is 4.31 Å². The summed E-state index contributed by atoms with van der Waals surface area (Å²) in [6, 6.07) is 10.4. The van der Waals surface area contributed by atoms with Crippen molar-refractivity contribution in [3.63, 3.8) is 0 Å². The van der Waals surface area contributed by atoms with Gasteiger partial charge in [0.2, 0.25) is 10.0 Å². The maximum atomic E-state index is 13.5. The summed E-state index contributed by atoms with van der Waals surface area (Å²) in [7, 11) is -0.906. The van der Waals surface area contributed by atoms with Gasteiger partial charge in [0.05, 0.1) is 12.0 Å². The molecule has 33 heavy (non-hydrogen) atoms. The number of nitro benzene ring substituents is 1. The Morgan fingerprint density at radius 3 is 2.45 bits per heavy atom. The fourth-order valence-electron chi connectivity index (χ4n) is 4.29. The summed E-state index contributed by atoms with van der Waals surface area (Å²) in [4.78, 5) is 24.9. The highest BCUT2D eigenvalue weighted by Gasteiger charge is 2.34. The van der Waals surface area contributed by atoms with Gasteiger partial charge in [-0.25, -0.2) is 8.42 Å². The van der Waals surface area contributed by atoms with E-state index in [1.807, 2.05) is 13.8 Å². The number of piperidine rings is 1. The van der Waals surface area contributed by atoms with E-state index in [0.717, 1.165) is 6.42 Å². The molecule has 1 aliphatic heterocycles. The molecule has 0 saturated carbocycles. The lowest BCUT2D eigenvalue weighted by atomic mass is 9.94. The zero-order chi connectivity index (χ0) is 24.3. The molecule has 1 fully saturated rings. The van der Waals surface area contributed by atoms with Crippen LogP contribution in [0.1, 0.15) is 36.2 Å². The number of benzene rings is 2. The molecule has 1 saturated heterocycles. The first-order valence-corrected chi connectivity index (χ1v) is 12.1. The first-order chi connectivity index (χ1) is 15.5. The van der Waals surface area contributed by atoms with Crippen molar-refractivity contribution < 1.29 is 22.9 Å². The predicted molar refractivity (Wildman–Crippen MR) is 124 cm³/mol. The van der Waals surface area contributed by atoms with Gasteiger partial charge in [0.25, 0.3) is 11.6 Å². The molecule has 10 heteroatoms. The zero-order valence-corrected chi connectivity index (χ0v) is 20.0. The van der Waals surface area contributed by atoms with E-state index < -0.39 is 20.9 Å². The van der Waals surface area contributed by atoms with E-state index in [1.54, 1.807) is 19.2 Å². The van der Waals surface area contributed by atoms with Crippen molar-refractivity contribution in [2.24, 2.45) is 11.8 Å². The van der Waals surface area contributed by atoms with Gasteiger partial charge >= 0.3 is 0 Å². The highest BCUT2D eigenvalue weighted by atomic mass is 32.2. The number of hydrogen-bond acceptors (Lipinski definition) is 6. The van der Waals surface area contributed by atoms with Crippen molar-refractivity contribution in [2.75, 3.05) is 27.2 Å². The number of hydrogen-bond donors (Lipinski definition) is 0. The van der Waals surface area contributed by atoms with Gasteiger partial charge in [-0.3, -0.25) is 14.9 Å². The highest BCUT2D eigenvalue weighted by molar-refractivity contribution is 7.89. The number of carbonyl (C=O) groups is 1. The van der Waals surface area contributed by atoms with E-state index in [4.69, 9.17) is 4.74 Å². The molecule has 0 aromatic heterocycles. The van der Waals surface area contributed by atoms with Crippen LogP contribution in [0.2, 0.25) is 0 Å². The lowest BCUT2D eigenvalue weighted by molar-refractivity contribution is -0.384. The second kappa shape index (κ2) is 9.88. The van der Waals surface area contributed by atoms with E-state index in [1.165, 1.54) is 46.6 Å². The maximum Gasteiger partial charge on any atom is 0.269 e. The largest absolute Gasteiger partial charge is 0.495 e. The van der Waals surface area contributed by atoms with Crippen LogP contribution in [-0.2, 0) is 16.6 Å². The first-order valence-electron chi connectivity index (χ1n) is 10.7. The Morgan fingerprint density at radius 2 is 1.85 bits per heavy atom. The van der Waals surface area contributed by atoms with Gasteiger partial charge in [0.15, 0.2) is 0 Å². The number of sulfonamides is 1. The normalized spacial score (nSPS) is 19.2. The van der Waals surface area contributed by atoms with Crippen LogP contribution in [0.3, 0.4) is 0 Å². The number of carbonyl (C=O) groups excluding carboxylic acids is 1. The molecular weight excluding hydrogens is 446 g/mol. The van der Waals surface area contributed by atoms with Gasteiger partial charge in [0.1, 0.15) is 10.6 Å². The maximum absolute atomic E-state index is 13.5. The Balaban J connectivity index is 1.88. The molecule has 178 valence electrons. The Labute approximate surface area is 194 Å². The number of ether oxygens (including phenoxy) is 1. The third-order valence-electron chi connectivity index (χ3n) is 5.75. The third kappa shape index (κ3) is 5.51. The Hall–Kier alpha value is -2.98. The van der Waals surface area contributed by atoms with Crippen LogP contribution in [0.4, 0.5) is 5.69 Å². The predicted octanol–water partition coefficient (Wildman–Crippen LogP) is 3.54. The molecule has 2 unspecified atom stereocenters. The molecule has 2 atom stereocenters. The monoisotopic (exact) mass is 475 g/mol. The summed E-state index contributed by atoms with van der Waals surface area (Å²) < 4.78 is 33.7. The SMILES string of the molecule is COc1ccc(C(=O)N(C)Cc2cccc([N+](=O)[O-])c2)cc1S(=O)(=O)N1CC(C)CC(C)C1. The van der Waals surface area contributed by atoms with Crippen molar-refractivity contribution in [1.29, 1.82) is 0 Å². The summed E-state index contributed by atoms with van der Waals surface area (Å²) in [6.07, 6.45) is 0.962. The van der Waals surface area contributed by atoms with Crippen LogP contribution in [0.25, 0.3) is 0 Å². The van der Waals surface area contributed by atoms with Crippen LogP contribution in [0, 0.1) is 22.0 Å². The van der Waals surface area contributed by atoms with Gasteiger partial charge < -0.3 is 9.64 Å². The molecule has 0 radical (unpaired) electrons. The molecular formula is C23H29N3O6S. The second-order valence-corrected chi connectivity index (χ2v) is 10.6. The molecule has 0 aliphatic carbocycles. The van der Waals surface area contributed by atoms with Crippen LogP contribution in [-0.4, -0.2) is 55.7 Å². The van der Waals surface area contributed by atoms with Crippen molar-refractivity contribution >= 4 is 21.6 Å². The van der Waals surface area contributed by atoms with Crippen molar-refractivity contribution in [2.45, 2.75) is 31.7 Å². The average molecular weight is 476 g/mol. The number of nitrogens with zero attached hydrogens (tertiary/aromatic N) is 3. The minimum Gasteiger partial charge on any atom is -0.495 e. The van der Waals surface area contributed by atoms with Crippen LogP contribution in [0.5, 0.6) is 5.75 Å². The summed E-state index contributed by atoms with van der Waals surface area (Å²) in [5.41, 5.74) is 0.731. The summed E-state index contributed by atoms with van der Waals surface area (Å²) in [5, 5.41) is 11.0. The van der Waals surface area contributed by atoms with Gasteiger partial charge in [-0.1, -0.05) is 26.0 Å². The van der Waals surface area contributed by atoms with E-state index in [9.17, 15) is 23.3 Å². The standard InChI is InChI=1S/C23H29N3O6S/c1-16-10-17(2)14-25(13-16)33(30,31)22-12-19(8-9-21(22)32-4)23(27)24(3)15-18-6-5-7-20(11-18)26(28)29/h5-9,11-12,16-17H,10,13-15H2,1-4H3. The number of non-ortho nitro benzene ring substituents is 1. The Bertz CT molecular complexity index is 1140. The molecule has 3 rings (SSSR count). The van der Waals surface area contributed by atoms with E-state index >= 15 is 0 Å². The topological polar surface area (TPSA) is 110 Å². The highest BCUT2D eigenvalue weighted by Crippen LogP contribution is 2.32. The van der Waals surface area contributed by atoms with Gasteiger partial charge in [0, 0.05) is 44.4 Å². The Kier molecular flexibility index (Phi) is 7.38. The summed E-state index contributed by atoms with van der Waals surface area (Å²) >= 11 is 0. The number of rotatable bonds is 7. The van der Waals surface area contributed by atoms with Crippen molar-refractivity contribution in [3.8, 4) is 5.75 Å². The molecule has 2 aromatic rings. The van der Waals surface area contributed by atoms with Gasteiger partial charge in [-0.05, 0) is 42.0 Å². The number of amides is 1. The molecule has 2 aromatic carbocycles. The average Bonchev–Trinajstić information content (AvgIpc) is 2.77. The van der Waals surface area contributed by atoms with Crippen LogP contribution in [0.15, 0.2) is 47.4 Å². The smallest absolute Gasteiger partial charge is 0.269 e. The minimum atomic E-state index is -3.86. The van der Waals surface area contributed by atoms with Crippen molar-refractivity contribution in [1.82, 2.24) is 9.21 Å². The fourth-order valence-corrected chi connectivity index (χ4v) is 6.15. The van der Waals surface area contributed by atoms with Crippen molar-refractivity contribution in [3.05, 3.63) is 63.7 Å². The minimum absolute atomic E-state index is 0.0408. The number of nitro groups is 1. The summed E-state index contributed by atoms with van der Waals surface area (Å²) in [6.45, 7) is 5.02. The lowest BCUT2D eigenvalue weighted by Crippen LogP contribution is -2.42. The van der Waals surface area contributed by atoms with E-state index in [-0.39, 0.29) is 40.3 Å². The first kappa shape index (κ1) is 24.7. The Morgan fingerprint density at radius 1 is 1.18 bits per heavy atom. The van der Waals surface area contributed by atoms with Crippen LogP contribution >= 0.6 is 0 Å². The molecule has 0 spiro atoms. The molecule has 9 nitrogen and oxygen atoms in total. The lowest BCUT2D eigenvalue weighted by Gasteiger charge is -2.34.